The van der Waals surface area contributed by atoms with Gasteiger partial charge in [0, 0.05) is 12.7 Å². The zero-order chi connectivity index (χ0) is 20.8. The number of carboxylic acid groups (broad SMARTS) is 2. The topological polar surface area (TPSA) is 157 Å². The highest BCUT2D eigenvalue weighted by Gasteiger charge is 2.23. The van der Waals surface area contributed by atoms with Gasteiger partial charge in [-0.25, -0.2) is 19.6 Å². The van der Waals surface area contributed by atoms with Crippen molar-refractivity contribution in [2.24, 2.45) is 5.92 Å². The van der Waals surface area contributed by atoms with Crippen LogP contribution in [0.4, 0.5) is 5.82 Å². The molecule has 0 radical (unpaired) electrons. The molecule has 1 atom stereocenters. The summed E-state index contributed by atoms with van der Waals surface area (Å²) in [6.45, 7) is 1.65. The number of rotatable bonds is 4. The number of carbonyl (C=O) groups excluding carboxylic acids is 1. The van der Waals surface area contributed by atoms with E-state index in [1.807, 2.05) is 6.07 Å². The predicted octanol–water partition coefficient (Wildman–Crippen LogP) is 1.59. The van der Waals surface area contributed by atoms with Gasteiger partial charge in [-0.05, 0) is 37.2 Å². The summed E-state index contributed by atoms with van der Waals surface area (Å²) in [6, 6.07) is 7.05. The van der Waals surface area contributed by atoms with E-state index in [2.05, 4.69) is 25.6 Å². The first kappa shape index (κ1) is 20.0. The molecule has 1 aliphatic rings. The lowest BCUT2D eigenvalue weighted by Crippen LogP contribution is -2.25. The SMILES string of the molecule is O=C(Nc1ncnc2[nH]ccc12)C1CCNC1.O=C(O)c1cccc(C(=O)O)c1. The van der Waals surface area contributed by atoms with Crippen LogP contribution in [0.25, 0.3) is 11.0 Å². The van der Waals surface area contributed by atoms with Gasteiger partial charge >= 0.3 is 11.9 Å². The number of nitrogens with zero attached hydrogens (tertiary/aromatic N) is 2. The van der Waals surface area contributed by atoms with E-state index in [4.69, 9.17) is 10.2 Å². The lowest BCUT2D eigenvalue weighted by atomic mass is 10.1. The van der Waals surface area contributed by atoms with Crippen molar-refractivity contribution in [3.8, 4) is 0 Å². The highest BCUT2D eigenvalue weighted by Crippen LogP contribution is 2.19. The molecule has 10 heteroatoms. The van der Waals surface area contributed by atoms with Crippen LogP contribution in [-0.2, 0) is 4.79 Å². The van der Waals surface area contributed by atoms with Crippen molar-refractivity contribution < 1.29 is 24.6 Å². The van der Waals surface area contributed by atoms with Crippen molar-refractivity contribution in [2.45, 2.75) is 6.42 Å². The molecular formula is C19H19N5O5. The molecule has 0 spiro atoms. The minimum Gasteiger partial charge on any atom is -0.478 e. The first-order valence-corrected chi connectivity index (χ1v) is 8.82. The average Bonchev–Trinajstić information content (AvgIpc) is 3.41. The summed E-state index contributed by atoms with van der Waals surface area (Å²) in [6.07, 6.45) is 4.11. The molecule has 0 aliphatic carbocycles. The second-order valence-electron chi connectivity index (χ2n) is 6.33. The second kappa shape index (κ2) is 8.93. The molecule has 1 saturated heterocycles. The number of benzene rings is 1. The Hall–Kier alpha value is -3.79. The van der Waals surface area contributed by atoms with E-state index in [-0.39, 0.29) is 23.0 Å². The smallest absolute Gasteiger partial charge is 0.335 e. The lowest BCUT2D eigenvalue weighted by Gasteiger charge is -2.09. The Kier molecular flexibility index (Phi) is 6.15. The summed E-state index contributed by atoms with van der Waals surface area (Å²) in [5, 5.41) is 23.9. The monoisotopic (exact) mass is 397 g/mol. The number of anilines is 1. The molecule has 3 heterocycles. The lowest BCUT2D eigenvalue weighted by molar-refractivity contribution is -0.119. The third-order valence-electron chi connectivity index (χ3n) is 4.38. The number of carboxylic acids is 2. The summed E-state index contributed by atoms with van der Waals surface area (Å²) >= 11 is 0. The summed E-state index contributed by atoms with van der Waals surface area (Å²) in [7, 11) is 0. The number of nitrogens with one attached hydrogen (secondary N) is 3. The Labute approximate surface area is 165 Å². The maximum atomic E-state index is 12.0. The van der Waals surface area contributed by atoms with Crippen molar-refractivity contribution in [1.29, 1.82) is 0 Å². The van der Waals surface area contributed by atoms with Crippen LogP contribution in [0, 0.1) is 5.92 Å². The molecule has 1 unspecified atom stereocenters. The largest absolute Gasteiger partial charge is 0.478 e. The fraction of sp³-hybridized carbons (Fsp3) is 0.211. The molecule has 3 aromatic rings. The van der Waals surface area contributed by atoms with Gasteiger partial charge < -0.3 is 25.8 Å². The fourth-order valence-electron chi connectivity index (χ4n) is 2.85. The first-order chi connectivity index (χ1) is 14.0. The van der Waals surface area contributed by atoms with Gasteiger partial charge in [0.25, 0.3) is 0 Å². The number of aromatic carboxylic acids is 2. The van der Waals surface area contributed by atoms with Crippen molar-refractivity contribution in [1.82, 2.24) is 20.3 Å². The molecule has 1 fully saturated rings. The van der Waals surface area contributed by atoms with Crippen LogP contribution >= 0.6 is 0 Å². The summed E-state index contributed by atoms with van der Waals surface area (Å²) in [5.41, 5.74) is 0.699. The van der Waals surface area contributed by atoms with E-state index >= 15 is 0 Å². The molecule has 29 heavy (non-hydrogen) atoms. The van der Waals surface area contributed by atoms with E-state index in [1.54, 1.807) is 6.20 Å². The molecule has 150 valence electrons. The zero-order valence-corrected chi connectivity index (χ0v) is 15.3. The van der Waals surface area contributed by atoms with Crippen molar-refractivity contribution in [3.63, 3.8) is 0 Å². The standard InChI is InChI=1S/C11H13N5O.C8H6O4/c17-11(7-1-3-12-5-7)16-10-8-2-4-13-9(8)14-6-15-10;9-7(10)5-2-1-3-6(4-5)8(11)12/h2,4,6-7,12H,1,3,5H2,(H2,13,14,15,16,17);1-4H,(H,9,10)(H,11,12). The Morgan fingerprint density at radius 2 is 1.79 bits per heavy atom. The Bertz CT molecular complexity index is 1010. The molecule has 1 aromatic carbocycles. The Balaban J connectivity index is 0.000000177. The summed E-state index contributed by atoms with van der Waals surface area (Å²) in [5.74, 6) is -1.61. The fourth-order valence-corrected chi connectivity index (χ4v) is 2.85. The van der Waals surface area contributed by atoms with Gasteiger partial charge in [-0.15, -0.1) is 0 Å². The van der Waals surface area contributed by atoms with Crippen molar-refractivity contribution in [2.75, 3.05) is 18.4 Å². The number of H-pyrrole nitrogens is 1. The van der Waals surface area contributed by atoms with Gasteiger partial charge in [-0.3, -0.25) is 4.79 Å². The van der Waals surface area contributed by atoms with Crippen molar-refractivity contribution >= 4 is 34.7 Å². The highest BCUT2D eigenvalue weighted by molar-refractivity contribution is 5.99. The van der Waals surface area contributed by atoms with Crippen molar-refractivity contribution in [3.05, 3.63) is 54.0 Å². The van der Waals surface area contributed by atoms with Crippen LogP contribution in [0.3, 0.4) is 0 Å². The first-order valence-electron chi connectivity index (χ1n) is 8.82. The van der Waals surface area contributed by atoms with Crippen LogP contribution in [0.15, 0.2) is 42.9 Å². The van der Waals surface area contributed by atoms with Gasteiger partial charge in [-0.2, -0.15) is 0 Å². The van der Waals surface area contributed by atoms with Gasteiger partial charge in [0.1, 0.15) is 17.8 Å². The third-order valence-corrected chi connectivity index (χ3v) is 4.38. The minimum atomic E-state index is -1.13. The molecule has 10 nitrogen and oxygen atoms in total. The Morgan fingerprint density at radius 1 is 1.07 bits per heavy atom. The maximum Gasteiger partial charge on any atom is 0.335 e. The number of carbonyl (C=O) groups is 3. The number of aromatic nitrogens is 3. The number of hydrogen-bond acceptors (Lipinski definition) is 6. The molecule has 4 rings (SSSR count). The molecule has 0 bridgehead atoms. The Morgan fingerprint density at radius 3 is 2.41 bits per heavy atom. The van der Waals surface area contributed by atoms with Gasteiger partial charge in [0.15, 0.2) is 0 Å². The van der Waals surface area contributed by atoms with E-state index in [0.717, 1.165) is 36.6 Å². The minimum absolute atomic E-state index is 0.0186. The number of aromatic amines is 1. The van der Waals surface area contributed by atoms with Gasteiger partial charge in [0.05, 0.1) is 22.4 Å². The van der Waals surface area contributed by atoms with Gasteiger partial charge in [-0.1, -0.05) is 6.07 Å². The van der Waals surface area contributed by atoms with Crippen LogP contribution in [0.2, 0.25) is 0 Å². The number of fused-ring (bicyclic) bond motifs is 1. The highest BCUT2D eigenvalue weighted by atomic mass is 16.4. The van der Waals surface area contributed by atoms with E-state index in [1.165, 1.54) is 24.5 Å². The number of amides is 1. The zero-order valence-electron chi connectivity index (χ0n) is 15.3. The molecule has 1 amide bonds. The van der Waals surface area contributed by atoms with E-state index in [9.17, 15) is 14.4 Å². The van der Waals surface area contributed by atoms with Crippen LogP contribution < -0.4 is 10.6 Å². The second-order valence-corrected chi connectivity index (χ2v) is 6.33. The molecule has 5 N–H and O–H groups in total. The normalized spacial score (nSPS) is 15.4. The number of hydrogen-bond donors (Lipinski definition) is 5. The molecule has 2 aromatic heterocycles. The van der Waals surface area contributed by atoms with Crippen LogP contribution in [-0.4, -0.2) is 56.1 Å². The summed E-state index contributed by atoms with van der Waals surface area (Å²) < 4.78 is 0. The molecular weight excluding hydrogens is 378 g/mol. The predicted molar refractivity (Wildman–Crippen MR) is 104 cm³/mol. The van der Waals surface area contributed by atoms with Crippen LogP contribution in [0.5, 0.6) is 0 Å². The third kappa shape index (κ3) is 4.93. The van der Waals surface area contributed by atoms with Crippen LogP contribution in [0.1, 0.15) is 27.1 Å². The van der Waals surface area contributed by atoms with E-state index in [0.29, 0.717) is 5.82 Å². The average molecular weight is 397 g/mol. The molecule has 0 saturated carbocycles. The quantitative estimate of drug-likeness (QED) is 0.444. The summed E-state index contributed by atoms with van der Waals surface area (Å²) in [4.78, 5) is 43.9. The molecule has 1 aliphatic heterocycles. The maximum absolute atomic E-state index is 12.0. The van der Waals surface area contributed by atoms with E-state index < -0.39 is 11.9 Å². The van der Waals surface area contributed by atoms with Gasteiger partial charge in [0.2, 0.25) is 5.91 Å².